The van der Waals surface area contributed by atoms with Gasteiger partial charge in [0.2, 0.25) is 0 Å². The minimum absolute atomic E-state index is 0.275. The van der Waals surface area contributed by atoms with E-state index >= 15 is 0 Å². The first-order valence-corrected chi connectivity index (χ1v) is 8.34. The molecule has 0 unspecified atom stereocenters. The average Bonchev–Trinajstić information content (AvgIpc) is 3.21. The van der Waals surface area contributed by atoms with Gasteiger partial charge >= 0.3 is 0 Å². The summed E-state index contributed by atoms with van der Waals surface area (Å²) in [5.74, 6) is 1.09. The lowest BCUT2D eigenvalue weighted by molar-refractivity contribution is 0.414. The van der Waals surface area contributed by atoms with E-state index in [0.717, 1.165) is 46.8 Å². The highest BCUT2D eigenvalue weighted by molar-refractivity contribution is 5.79. The van der Waals surface area contributed by atoms with Crippen molar-refractivity contribution in [3.8, 4) is 22.9 Å². The zero-order valence-electron chi connectivity index (χ0n) is 14.4. The number of anilines is 2. The molecule has 0 radical (unpaired) electrons. The Morgan fingerprint density at radius 3 is 2.96 bits per heavy atom. The lowest BCUT2D eigenvalue weighted by atomic mass is 9.92. The van der Waals surface area contributed by atoms with E-state index in [0.29, 0.717) is 12.1 Å². The van der Waals surface area contributed by atoms with Crippen LogP contribution in [0.1, 0.15) is 16.8 Å². The first-order chi connectivity index (χ1) is 12.7. The number of aromatic nitrogens is 1. The third-order valence-corrected chi connectivity index (χ3v) is 4.72. The van der Waals surface area contributed by atoms with Crippen LogP contribution in [0, 0.1) is 11.3 Å². The molecule has 0 fully saturated rings. The van der Waals surface area contributed by atoms with E-state index in [4.69, 9.17) is 14.9 Å². The summed E-state index contributed by atoms with van der Waals surface area (Å²) in [7, 11) is 1.66. The van der Waals surface area contributed by atoms with Gasteiger partial charge < -0.3 is 19.8 Å². The largest absolute Gasteiger partial charge is 0.497 e. The predicted molar refractivity (Wildman–Crippen MR) is 98.8 cm³/mol. The Balaban J connectivity index is 1.82. The number of nitriles is 1. The second-order valence-electron chi connectivity index (χ2n) is 6.17. The molecule has 0 aliphatic carbocycles. The maximum absolute atomic E-state index is 9.62. The number of ether oxygens (including phenoxy) is 1. The molecule has 1 aliphatic heterocycles. The molecule has 0 saturated carbocycles. The predicted octanol–water partition coefficient (Wildman–Crippen LogP) is 3.37. The highest BCUT2D eigenvalue weighted by atomic mass is 16.5. The van der Waals surface area contributed by atoms with Gasteiger partial charge in [-0.15, -0.1) is 0 Å². The van der Waals surface area contributed by atoms with Gasteiger partial charge in [0.25, 0.3) is 0 Å². The molecule has 3 heterocycles. The van der Waals surface area contributed by atoms with Crippen molar-refractivity contribution in [2.24, 2.45) is 0 Å². The number of benzene rings is 1. The fourth-order valence-corrected chi connectivity index (χ4v) is 3.45. The summed E-state index contributed by atoms with van der Waals surface area (Å²) in [6.45, 7) is 1.47. The van der Waals surface area contributed by atoms with E-state index in [1.54, 1.807) is 19.6 Å². The SMILES string of the molecule is COc1cccc(N2CCc3nc(N)c(C#N)c(-c4ccoc4)c3C2)c1. The highest BCUT2D eigenvalue weighted by Gasteiger charge is 2.26. The van der Waals surface area contributed by atoms with Gasteiger partial charge in [0, 0.05) is 48.0 Å². The van der Waals surface area contributed by atoms with E-state index in [2.05, 4.69) is 22.0 Å². The van der Waals surface area contributed by atoms with Crippen LogP contribution < -0.4 is 15.4 Å². The number of nitrogens with two attached hydrogens (primary N) is 1. The number of methoxy groups -OCH3 is 1. The van der Waals surface area contributed by atoms with Crippen LogP contribution in [0.3, 0.4) is 0 Å². The third-order valence-electron chi connectivity index (χ3n) is 4.72. The highest BCUT2D eigenvalue weighted by Crippen LogP contribution is 2.36. The van der Waals surface area contributed by atoms with Gasteiger partial charge in [-0.05, 0) is 18.2 Å². The topological polar surface area (TPSA) is 88.3 Å². The van der Waals surface area contributed by atoms with Crippen LogP contribution in [0.5, 0.6) is 5.75 Å². The maximum Gasteiger partial charge on any atom is 0.142 e. The van der Waals surface area contributed by atoms with Crippen molar-refractivity contribution in [3.63, 3.8) is 0 Å². The van der Waals surface area contributed by atoms with Gasteiger partial charge in [0.05, 0.1) is 25.3 Å². The van der Waals surface area contributed by atoms with Crippen molar-refractivity contribution in [1.82, 2.24) is 4.98 Å². The Kier molecular flexibility index (Phi) is 3.98. The molecular formula is C20H18N4O2. The quantitative estimate of drug-likeness (QED) is 0.782. The van der Waals surface area contributed by atoms with Gasteiger partial charge in [-0.1, -0.05) is 6.07 Å². The van der Waals surface area contributed by atoms with Gasteiger partial charge in [-0.3, -0.25) is 0 Å². The first kappa shape index (κ1) is 16.0. The van der Waals surface area contributed by atoms with Crippen molar-refractivity contribution >= 4 is 11.5 Å². The first-order valence-electron chi connectivity index (χ1n) is 8.34. The standard InChI is InChI=1S/C20H18N4O2/c1-25-15-4-2-3-14(9-15)24-7-5-18-17(11-24)19(13-6-8-26-12-13)16(10-21)20(22)23-18/h2-4,6,8-9,12H,5,7,11H2,1H3,(H2,22,23). The summed E-state index contributed by atoms with van der Waals surface area (Å²) >= 11 is 0. The number of fused-ring (bicyclic) bond motifs is 1. The summed E-state index contributed by atoms with van der Waals surface area (Å²) in [4.78, 5) is 6.75. The fourth-order valence-electron chi connectivity index (χ4n) is 3.45. The molecule has 0 bridgehead atoms. The number of rotatable bonds is 3. The van der Waals surface area contributed by atoms with Gasteiger partial charge in [0.15, 0.2) is 0 Å². The molecule has 6 nitrogen and oxygen atoms in total. The summed E-state index contributed by atoms with van der Waals surface area (Å²) < 4.78 is 10.6. The molecule has 130 valence electrons. The molecule has 1 aromatic carbocycles. The minimum atomic E-state index is 0.275. The number of furan rings is 1. The van der Waals surface area contributed by atoms with Crippen molar-refractivity contribution in [2.75, 3.05) is 24.3 Å². The normalized spacial score (nSPS) is 13.2. The Labute approximate surface area is 151 Å². The average molecular weight is 346 g/mol. The zero-order chi connectivity index (χ0) is 18.1. The van der Waals surface area contributed by atoms with Crippen LogP contribution in [0.4, 0.5) is 11.5 Å². The molecule has 0 saturated heterocycles. The molecule has 26 heavy (non-hydrogen) atoms. The van der Waals surface area contributed by atoms with Crippen LogP contribution >= 0.6 is 0 Å². The minimum Gasteiger partial charge on any atom is -0.497 e. The van der Waals surface area contributed by atoms with E-state index in [1.807, 2.05) is 24.3 Å². The molecule has 4 rings (SSSR count). The van der Waals surface area contributed by atoms with Gasteiger partial charge in [-0.25, -0.2) is 4.98 Å². The van der Waals surface area contributed by atoms with Crippen LogP contribution in [-0.4, -0.2) is 18.6 Å². The molecule has 3 aromatic rings. The number of hydrogen-bond acceptors (Lipinski definition) is 6. The van der Waals surface area contributed by atoms with Crippen molar-refractivity contribution in [1.29, 1.82) is 5.26 Å². The van der Waals surface area contributed by atoms with E-state index in [-0.39, 0.29) is 5.82 Å². The number of pyridine rings is 1. The monoisotopic (exact) mass is 346 g/mol. The van der Waals surface area contributed by atoms with Gasteiger partial charge in [-0.2, -0.15) is 5.26 Å². The third kappa shape index (κ3) is 2.64. The van der Waals surface area contributed by atoms with Crippen LogP contribution in [-0.2, 0) is 13.0 Å². The molecule has 2 N–H and O–H groups in total. The Morgan fingerprint density at radius 1 is 1.35 bits per heavy atom. The number of nitrogens with zero attached hydrogens (tertiary/aromatic N) is 3. The van der Waals surface area contributed by atoms with Crippen molar-refractivity contribution < 1.29 is 9.15 Å². The van der Waals surface area contributed by atoms with Crippen molar-refractivity contribution in [2.45, 2.75) is 13.0 Å². The molecule has 0 atom stereocenters. The Morgan fingerprint density at radius 2 is 2.23 bits per heavy atom. The number of nitrogen functional groups attached to an aromatic ring is 1. The van der Waals surface area contributed by atoms with Crippen LogP contribution in [0.25, 0.3) is 11.1 Å². The van der Waals surface area contributed by atoms with E-state index in [9.17, 15) is 5.26 Å². The maximum atomic E-state index is 9.62. The number of hydrogen-bond donors (Lipinski definition) is 1. The Bertz CT molecular complexity index is 990. The van der Waals surface area contributed by atoms with E-state index in [1.165, 1.54) is 0 Å². The smallest absolute Gasteiger partial charge is 0.142 e. The lowest BCUT2D eigenvalue weighted by Crippen LogP contribution is -2.32. The summed E-state index contributed by atoms with van der Waals surface area (Å²) in [6, 6.07) is 12.0. The molecular weight excluding hydrogens is 328 g/mol. The molecule has 0 spiro atoms. The molecule has 2 aromatic heterocycles. The second-order valence-corrected chi connectivity index (χ2v) is 6.17. The van der Waals surface area contributed by atoms with Crippen molar-refractivity contribution in [3.05, 3.63) is 59.7 Å². The summed E-state index contributed by atoms with van der Waals surface area (Å²) in [6.07, 6.45) is 4.00. The van der Waals surface area contributed by atoms with Gasteiger partial charge in [0.1, 0.15) is 23.2 Å². The van der Waals surface area contributed by atoms with Crippen LogP contribution in [0.15, 0.2) is 47.3 Å². The fraction of sp³-hybridized carbons (Fsp3) is 0.200. The summed E-state index contributed by atoms with van der Waals surface area (Å²) in [5, 5.41) is 9.62. The van der Waals surface area contributed by atoms with E-state index < -0.39 is 0 Å². The zero-order valence-corrected chi connectivity index (χ0v) is 14.4. The lowest BCUT2D eigenvalue weighted by Gasteiger charge is -2.32. The molecule has 1 aliphatic rings. The molecule has 6 heteroatoms. The van der Waals surface area contributed by atoms with Crippen LogP contribution in [0.2, 0.25) is 0 Å². The summed E-state index contributed by atoms with van der Waals surface area (Å²) in [5.41, 5.74) is 11.1. The molecule has 0 amide bonds. The second kappa shape index (κ2) is 6.45. The Hall–Kier alpha value is -3.46.